The van der Waals surface area contributed by atoms with Crippen LogP contribution in [0.2, 0.25) is 0 Å². The lowest BCUT2D eigenvalue weighted by atomic mass is 10.3. The van der Waals surface area contributed by atoms with Crippen molar-refractivity contribution in [2.24, 2.45) is 0 Å². The van der Waals surface area contributed by atoms with E-state index in [-0.39, 0.29) is 10.8 Å². The summed E-state index contributed by atoms with van der Waals surface area (Å²) in [5.74, 6) is 0.271. The molecule has 2 rings (SSSR count). The Morgan fingerprint density at radius 3 is 2.62 bits per heavy atom. The summed E-state index contributed by atoms with van der Waals surface area (Å²) in [5.41, 5.74) is 0.945. The van der Waals surface area contributed by atoms with Crippen molar-refractivity contribution in [2.45, 2.75) is 24.9 Å². The number of anilines is 1. The molecule has 6 nitrogen and oxygen atoms in total. The van der Waals surface area contributed by atoms with Gasteiger partial charge in [-0.1, -0.05) is 19.1 Å². The van der Waals surface area contributed by atoms with Gasteiger partial charge in [0.2, 0.25) is 0 Å². The third-order valence-electron chi connectivity index (χ3n) is 2.73. The molecule has 0 amide bonds. The van der Waals surface area contributed by atoms with E-state index in [1.165, 1.54) is 12.3 Å². The van der Waals surface area contributed by atoms with Crippen molar-refractivity contribution in [3.05, 3.63) is 48.3 Å². The van der Waals surface area contributed by atoms with Crippen molar-refractivity contribution in [1.29, 1.82) is 0 Å². The fourth-order valence-electron chi connectivity index (χ4n) is 1.70. The Morgan fingerprint density at radius 1 is 1.14 bits per heavy atom. The highest BCUT2D eigenvalue weighted by Crippen LogP contribution is 2.12. The molecule has 0 saturated heterocycles. The standard InChI is InChI=1S/C14H18N4O2S/c1-2-8-15-10-12-6-7-14(17-11-12)21(19,20)18-13-5-3-4-9-16-13/h3-7,9,11,15H,2,8,10H2,1H3,(H,16,18). The number of rotatable bonds is 7. The minimum absolute atomic E-state index is 0.0209. The van der Waals surface area contributed by atoms with Crippen LogP contribution in [0, 0.1) is 0 Å². The van der Waals surface area contributed by atoms with Crippen LogP contribution in [0.1, 0.15) is 18.9 Å². The summed E-state index contributed by atoms with van der Waals surface area (Å²) in [7, 11) is -3.70. The van der Waals surface area contributed by atoms with Crippen LogP contribution in [0.15, 0.2) is 47.8 Å². The van der Waals surface area contributed by atoms with E-state index in [1.807, 2.05) is 0 Å². The van der Waals surface area contributed by atoms with Gasteiger partial charge in [-0.05, 0) is 36.7 Å². The van der Waals surface area contributed by atoms with Crippen molar-refractivity contribution >= 4 is 15.8 Å². The van der Waals surface area contributed by atoms with Gasteiger partial charge in [-0.25, -0.2) is 9.97 Å². The predicted molar refractivity (Wildman–Crippen MR) is 81.3 cm³/mol. The second kappa shape index (κ2) is 7.14. The zero-order valence-electron chi connectivity index (χ0n) is 11.8. The summed E-state index contributed by atoms with van der Waals surface area (Å²) >= 11 is 0. The van der Waals surface area contributed by atoms with Gasteiger partial charge in [0, 0.05) is 18.9 Å². The van der Waals surface area contributed by atoms with Crippen LogP contribution in [0.4, 0.5) is 5.82 Å². The Balaban J connectivity index is 2.06. The Hall–Kier alpha value is -1.99. The molecule has 2 heterocycles. The molecule has 2 aromatic rings. The average Bonchev–Trinajstić information content (AvgIpc) is 2.49. The summed E-state index contributed by atoms with van der Waals surface area (Å²) in [4.78, 5) is 7.94. The van der Waals surface area contributed by atoms with E-state index in [0.29, 0.717) is 6.54 Å². The molecular formula is C14H18N4O2S. The third kappa shape index (κ3) is 4.51. The molecule has 0 spiro atoms. The Labute approximate surface area is 124 Å². The molecule has 0 aliphatic carbocycles. The molecule has 21 heavy (non-hydrogen) atoms. The lowest BCUT2D eigenvalue weighted by Crippen LogP contribution is -2.16. The average molecular weight is 306 g/mol. The van der Waals surface area contributed by atoms with E-state index in [2.05, 4.69) is 26.9 Å². The molecular weight excluding hydrogens is 288 g/mol. The van der Waals surface area contributed by atoms with E-state index in [1.54, 1.807) is 30.5 Å². The molecule has 0 bridgehead atoms. The second-order valence-corrected chi connectivity index (χ2v) is 6.13. The highest BCUT2D eigenvalue weighted by Gasteiger charge is 2.16. The smallest absolute Gasteiger partial charge is 0.280 e. The first-order chi connectivity index (χ1) is 10.1. The van der Waals surface area contributed by atoms with Gasteiger partial charge in [-0.3, -0.25) is 4.72 Å². The number of hydrogen-bond acceptors (Lipinski definition) is 5. The van der Waals surface area contributed by atoms with E-state index in [4.69, 9.17) is 0 Å². The molecule has 0 atom stereocenters. The van der Waals surface area contributed by atoms with Gasteiger partial charge in [-0.15, -0.1) is 0 Å². The molecule has 112 valence electrons. The van der Waals surface area contributed by atoms with Crippen LogP contribution < -0.4 is 10.0 Å². The molecule has 0 radical (unpaired) electrons. The van der Waals surface area contributed by atoms with Crippen molar-refractivity contribution in [3.8, 4) is 0 Å². The van der Waals surface area contributed by atoms with Crippen LogP contribution in [-0.2, 0) is 16.6 Å². The summed E-state index contributed by atoms with van der Waals surface area (Å²) in [6.45, 7) is 3.68. The maximum Gasteiger partial charge on any atom is 0.280 e. The predicted octanol–water partition coefficient (Wildman–Crippen LogP) is 1.78. The third-order valence-corrected chi connectivity index (χ3v) is 4.00. The summed E-state index contributed by atoms with van der Waals surface area (Å²) in [6.07, 6.45) is 4.14. The van der Waals surface area contributed by atoms with Gasteiger partial charge in [-0.2, -0.15) is 8.42 Å². The molecule has 0 unspecified atom stereocenters. The minimum atomic E-state index is -3.70. The van der Waals surface area contributed by atoms with Crippen LogP contribution in [0.5, 0.6) is 0 Å². The largest absolute Gasteiger partial charge is 0.313 e. The summed E-state index contributed by atoms with van der Waals surface area (Å²) in [5, 5.41) is 3.21. The molecule has 2 N–H and O–H groups in total. The number of sulfonamides is 1. The van der Waals surface area contributed by atoms with E-state index in [9.17, 15) is 8.42 Å². The molecule has 0 saturated carbocycles. The van der Waals surface area contributed by atoms with Crippen LogP contribution >= 0.6 is 0 Å². The van der Waals surface area contributed by atoms with Crippen molar-refractivity contribution in [3.63, 3.8) is 0 Å². The first-order valence-corrected chi connectivity index (χ1v) is 8.19. The SMILES string of the molecule is CCCNCc1ccc(S(=O)(=O)Nc2ccccn2)nc1. The number of nitrogens with one attached hydrogen (secondary N) is 2. The lowest BCUT2D eigenvalue weighted by molar-refractivity contribution is 0.597. The van der Waals surface area contributed by atoms with E-state index in [0.717, 1.165) is 18.5 Å². The Kier molecular flexibility index (Phi) is 5.24. The fourth-order valence-corrected chi connectivity index (χ4v) is 2.64. The van der Waals surface area contributed by atoms with Gasteiger partial charge in [0.15, 0.2) is 5.03 Å². The quantitative estimate of drug-likeness (QED) is 0.762. The Morgan fingerprint density at radius 2 is 2.00 bits per heavy atom. The summed E-state index contributed by atoms with van der Waals surface area (Å²) in [6, 6.07) is 8.26. The fraction of sp³-hybridized carbons (Fsp3) is 0.286. The Bertz CT molecular complexity index is 657. The van der Waals surface area contributed by atoms with Crippen LogP contribution in [0.3, 0.4) is 0 Å². The molecule has 0 aliphatic rings. The number of hydrogen-bond donors (Lipinski definition) is 2. The first-order valence-electron chi connectivity index (χ1n) is 6.71. The monoisotopic (exact) mass is 306 g/mol. The van der Waals surface area contributed by atoms with Gasteiger partial charge in [0.1, 0.15) is 5.82 Å². The maximum absolute atomic E-state index is 12.1. The van der Waals surface area contributed by atoms with E-state index < -0.39 is 10.0 Å². The molecule has 2 aromatic heterocycles. The van der Waals surface area contributed by atoms with Gasteiger partial charge >= 0.3 is 0 Å². The van der Waals surface area contributed by atoms with Crippen molar-refractivity contribution < 1.29 is 8.42 Å². The van der Waals surface area contributed by atoms with E-state index >= 15 is 0 Å². The lowest BCUT2D eigenvalue weighted by Gasteiger charge is -2.07. The number of nitrogens with zero attached hydrogens (tertiary/aromatic N) is 2. The highest BCUT2D eigenvalue weighted by molar-refractivity contribution is 7.92. The first kappa shape index (κ1) is 15.4. The van der Waals surface area contributed by atoms with Gasteiger partial charge < -0.3 is 5.32 Å². The van der Waals surface area contributed by atoms with Crippen molar-refractivity contribution in [2.75, 3.05) is 11.3 Å². The molecule has 0 aromatic carbocycles. The number of pyridine rings is 2. The zero-order chi connectivity index (χ0) is 15.1. The molecule has 0 fully saturated rings. The van der Waals surface area contributed by atoms with Gasteiger partial charge in [0.25, 0.3) is 10.0 Å². The van der Waals surface area contributed by atoms with Crippen LogP contribution in [-0.4, -0.2) is 24.9 Å². The van der Waals surface area contributed by atoms with Crippen molar-refractivity contribution in [1.82, 2.24) is 15.3 Å². The highest BCUT2D eigenvalue weighted by atomic mass is 32.2. The minimum Gasteiger partial charge on any atom is -0.313 e. The summed E-state index contributed by atoms with van der Waals surface area (Å²) < 4.78 is 26.7. The van der Waals surface area contributed by atoms with Crippen LogP contribution in [0.25, 0.3) is 0 Å². The zero-order valence-corrected chi connectivity index (χ0v) is 12.6. The topological polar surface area (TPSA) is 84.0 Å². The molecule has 0 aliphatic heterocycles. The normalized spacial score (nSPS) is 11.3. The molecule has 7 heteroatoms. The second-order valence-electron chi connectivity index (χ2n) is 4.50. The van der Waals surface area contributed by atoms with Gasteiger partial charge in [0.05, 0.1) is 0 Å². The number of aromatic nitrogens is 2. The maximum atomic E-state index is 12.1.